The van der Waals surface area contributed by atoms with Crippen LogP contribution in [0.5, 0.6) is 0 Å². The zero-order valence-electron chi connectivity index (χ0n) is 16.3. The zero-order valence-corrected chi connectivity index (χ0v) is 17.1. The van der Waals surface area contributed by atoms with Gasteiger partial charge in [-0.25, -0.2) is 8.42 Å². The van der Waals surface area contributed by atoms with Crippen molar-refractivity contribution in [3.63, 3.8) is 0 Å². The minimum absolute atomic E-state index is 0.0515. The van der Waals surface area contributed by atoms with E-state index in [1.807, 2.05) is 30.3 Å². The fraction of sp³-hybridized carbons (Fsp3) is 0.160. The quantitative estimate of drug-likeness (QED) is 0.589. The minimum Gasteiger partial charge on any atom is -0.207 e. The zero-order chi connectivity index (χ0) is 20.7. The number of nitrogens with zero attached hydrogens (tertiary/aromatic N) is 2. The summed E-state index contributed by atoms with van der Waals surface area (Å²) in [5, 5.41) is 12.1. The number of hydrogen-bond acceptors (Lipinski definition) is 3. The molecule has 0 N–H and O–H groups in total. The van der Waals surface area contributed by atoms with Crippen molar-refractivity contribution in [2.24, 2.45) is 5.92 Å². The Balaban J connectivity index is 1.54. The molecule has 3 aromatic carbocycles. The van der Waals surface area contributed by atoms with Crippen LogP contribution < -0.4 is 0 Å². The second-order valence-electron chi connectivity index (χ2n) is 7.74. The fourth-order valence-electron chi connectivity index (χ4n) is 4.49. The summed E-state index contributed by atoms with van der Waals surface area (Å²) >= 11 is 0. The summed E-state index contributed by atoms with van der Waals surface area (Å²) < 4.78 is 27.7. The molecule has 0 amide bonds. The van der Waals surface area contributed by atoms with E-state index in [1.54, 1.807) is 24.3 Å². The number of nitriles is 1. The molecule has 0 bridgehead atoms. The summed E-state index contributed by atoms with van der Waals surface area (Å²) in [4.78, 5) is 0.305. The summed E-state index contributed by atoms with van der Waals surface area (Å²) in [6.07, 6.45) is 4.06. The number of hydrogen-bond donors (Lipinski definition) is 0. The summed E-state index contributed by atoms with van der Waals surface area (Å²) in [6, 6.07) is 25.2. The Kier molecular flexibility index (Phi) is 4.54. The van der Waals surface area contributed by atoms with Crippen LogP contribution in [0.3, 0.4) is 0 Å². The first-order valence-corrected chi connectivity index (χ1v) is 11.4. The van der Waals surface area contributed by atoms with Crippen molar-refractivity contribution in [2.45, 2.75) is 10.8 Å². The van der Waals surface area contributed by atoms with Gasteiger partial charge in [0.25, 0.3) is 0 Å². The summed E-state index contributed by atoms with van der Waals surface area (Å²) in [5.41, 5.74) is 2.82. The van der Waals surface area contributed by atoms with E-state index in [0.29, 0.717) is 23.6 Å². The molecule has 1 saturated heterocycles. The molecule has 30 heavy (non-hydrogen) atoms. The summed E-state index contributed by atoms with van der Waals surface area (Å²) in [6.45, 7) is 0.731. The van der Waals surface area contributed by atoms with E-state index in [0.717, 1.165) is 21.9 Å². The van der Waals surface area contributed by atoms with E-state index in [9.17, 15) is 13.7 Å². The molecule has 0 radical (unpaired) electrons. The molecule has 2 aliphatic rings. The lowest BCUT2D eigenvalue weighted by atomic mass is 9.80. The molecule has 5 heteroatoms. The first-order chi connectivity index (χ1) is 14.6. The molecule has 0 spiro atoms. The summed E-state index contributed by atoms with van der Waals surface area (Å²) in [5.74, 6) is -0.212. The molecular weight excluding hydrogens is 392 g/mol. The third-order valence-corrected chi connectivity index (χ3v) is 7.83. The van der Waals surface area contributed by atoms with Gasteiger partial charge in [-0.15, -0.1) is 0 Å². The smallest absolute Gasteiger partial charge is 0.207 e. The summed E-state index contributed by atoms with van der Waals surface area (Å²) in [7, 11) is -3.56. The number of rotatable bonds is 3. The average molecular weight is 413 g/mol. The highest BCUT2D eigenvalue weighted by Crippen LogP contribution is 2.41. The molecule has 0 unspecified atom stereocenters. The van der Waals surface area contributed by atoms with Gasteiger partial charge >= 0.3 is 0 Å². The molecule has 0 aromatic heterocycles. The Labute approximate surface area is 176 Å². The topological polar surface area (TPSA) is 61.2 Å². The van der Waals surface area contributed by atoms with Crippen molar-refractivity contribution < 1.29 is 8.42 Å². The van der Waals surface area contributed by atoms with Crippen molar-refractivity contribution in [1.82, 2.24) is 4.31 Å². The maximum Gasteiger partial charge on any atom is 0.243 e. The first kappa shape index (κ1) is 18.8. The second kappa shape index (κ2) is 7.24. The fourth-order valence-corrected chi connectivity index (χ4v) is 5.97. The van der Waals surface area contributed by atoms with Crippen LogP contribution in [0.25, 0.3) is 10.8 Å². The van der Waals surface area contributed by atoms with Crippen LogP contribution in [0.4, 0.5) is 0 Å². The van der Waals surface area contributed by atoms with Crippen LogP contribution in [-0.2, 0) is 10.0 Å². The molecule has 1 heterocycles. The molecule has 0 saturated carbocycles. The number of fused-ring (bicyclic) bond motifs is 2. The Morgan fingerprint density at radius 1 is 0.900 bits per heavy atom. The molecule has 1 aliphatic heterocycles. The third kappa shape index (κ3) is 3.06. The van der Waals surface area contributed by atoms with Crippen LogP contribution in [0.2, 0.25) is 0 Å². The number of allylic oxidation sites excluding steroid dienone is 2. The van der Waals surface area contributed by atoms with E-state index in [1.165, 1.54) is 4.31 Å². The Hall–Kier alpha value is -3.20. The van der Waals surface area contributed by atoms with Gasteiger partial charge in [0.2, 0.25) is 10.0 Å². The highest BCUT2D eigenvalue weighted by molar-refractivity contribution is 7.89. The SMILES string of the molecule is N#CC1=C[C@@H]2CN(S(=O)(=O)c3ccccc3)CC2=C[C@@H]1c1cccc2ccccc12. The maximum absolute atomic E-state index is 13.1. The molecule has 4 nitrogen and oxygen atoms in total. The van der Waals surface area contributed by atoms with E-state index in [4.69, 9.17) is 0 Å². The Morgan fingerprint density at radius 2 is 1.63 bits per heavy atom. The minimum atomic E-state index is -3.56. The van der Waals surface area contributed by atoms with Gasteiger partial charge in [0.1, 0.15) is 0 Å². The molecule has 3 aromatic rings. The van der Waals surface area contributed by atoms with E-state index in [-0.39, 0.29) is 11.8 Å². The van der Waals surface area contributed by atoms with Crippen LogP contribution in [0, 0.1) is 17.2 Å². The molecule has 5 rings (SSSR count). The van der Waals surface area contributed by atoms with Gasteiger partial charge in [0.15, 0.2) is 0 Å². The standard InChI is InChI=1S/C25H20N2O2S/c26-15-19-13-20-16-27(30(28,29)22-9-2-1-3-10-22)17-21(20)14-25(19)24-12-6-8-18-7-4-5-11-23(18)24/h1-14,20,25H,16-17H2/t20-,25+/m1/s1. The lowest BCUT2D eigenvalue weighted by Crippen LogP contribution is -2.28. The van der Waals surface area contributed by atoms with E-state index in [2.05, 4.69) is 36.4 Å². The van der Waals surface area contributed by atoms with Crippen molar-refractivity contribution in [2.75, 3.05) is 13.1 Å². The van der Waals surface area contributed by atoms with Crippen molar-refractivity contribution >= 4 is 20.8 Å². The predicted octanol–water partition coefficient (Wildman–Crippen LogP) is 4.63. The van der Waals surface area contributed by atoms with Crippen LogP contribution in [0.15, 0.2) is 101 Å². The third-order valence-electron chi connectivity index (χ3n) is 6.00. The second-order valence-corrected chi connectivity index (χ2v) is 9.68. The molecule has 148 valence electrons. The highest BCUT2D eigenvalue weighted by Gasteiger charge is 2.38. The lowest BCUT2D eigenvalue weighted by Gasteiger charge is -2.22. The molecule has 1 aliphatic carbocycles. The number of sulfonamides is 1. The monoisotopic (exact) mass is 412 g/mol. The van der Waals surface area contributed by atoms with Gasteiger partial charge in [-0.1, -0.05) is 72.8 Å². The molecule has 2 atom stereocenters. The van der Waals surface area contributed by atoms with Gasteiger partial charge in [-0.3, -0.25) is 0 Å². The molecular formula is C25H20N2O2S. The Morgan fingerprint density at radius 3 is 2.43 bits per heavy atom. The van der Waals surface area contributed by atoms with Crippen molar-refractivity contribution in [3.8, 4) is 6.07 Å². The largest absolute Gasteiger partial charge is 0.243 e. The van der Waals surface area contributed by atoms with Gasteiger partial charge < -0.3 is 0 Å². The average Bonchev–Trinajstić information content (AvgIpc) is 3.22. The van der Waals surface area contributed by atoms with E-state index < -0.39 is 10.0 Å². The maximum atomic E-state index is 13.1. The van der Waals surface area contributed by atoms with Gasteiger partial charge in [-0.2, -0.15) is 9.57 Å². The molecule has 1 fully saturated rings. The normalized spacial score (nSPS) is 21.6. The predicted molar refractivity (Wildman–Crippen MR) is 117 cm³/mol. The van der Waals surface area contributed by atoms with Crippen molar-refractivity contribution in [3.05, 3.63) is 102 Å². The first-order valence-electron chi connectivity index (χ1n) is 9.93. The Bertz CT molecular complexity index is 1330. The van der Waals surface area contributed by atoms with Crippen LogP contribution >= 0.6 is 0 Å². The van der Waals surface area contributed by atoms with Crippen molar-refractivity contribution in [1.29, 1.82) is 5.26 Å². The highest BCUT2D eigenvalue weighted by atomic mass is 32.2. The van der Waals surface area contributed by atoms with Gasteiger partial charge in [-0.05, 0) is 34.0 Å². The van der Waals surface area contributed by atoms with Crippen LogP contribution in [-0.4, -0.2) is 25.8 Å². The lowest BCUT2D eigenvalue weighted by molar-refractivity contribution is 0.471. The van der Waals surface area contributed by atoms with E-state index >= 15 is 0 Å². The van der Waals surface area contributed by atoms with Gasteiger partial charge in [0, 0.05) is 30.5 Å². The number of benzene rings is 3. The van der Waals surface area contributed by atoms with Crippen LogP contribution in [0.1, 0.15) is 11.5 Å². The van der Waals surface area contributed by atoms with Gasteiger partial charge in [0.05, 0.1) is 11.0 Å².